The number of nitrogens with one attached hydrogen (secondary N) is 1. The zero-order valence-electron chi connectivity index (χ0n) is 18.0. The number of rotatable bonds is 9. The van der Waals surface area contributed by atoms with Crippen LogP contribution in [-0.2, 0) is 19.0 Å². The number of hydrogen-bond donors (Lipinski definition) is 6. The number of hydrogen-bond acceptors (Lipinski definition) is 10. The number of ether oxygens (including phenoxy) is 3. The van der Waals surface area contributed by atoms with Gasteiger partial charge in [0.2, 0.25) is 0 Å². The van der Waals surface area contributed by atoms with Crippen molar-refractivity contribution in [2.75, 3.05) is 34.3 Å². The molecule has 8 N–H and O–H groups in total. The Labute approximate surface area is 177 Å². The highest BCUT2D eigenvalue weighted by molar-refractivity contribution is 5.80. The third-order valence-corrected chi connectivity index (χ3v) is 5.96. The topological polar surface area (TPSA) is 173 Å². The number of aliphatic hydroxyl groups is 3. The molecule has 1 saturated heterocycles. The molecule has 2 aliphatic rings. The number of likely N-dealkylation sites (N-methyl/N-ethyl adjacent to an activating group) is 2. The highest BCUT2D eigenvalue weighted by Crippen LogP contribution is 2.31. The van der Waals surface area contributed by atoms with Gasteiger partial charge in [-0.05, 0) is 39.3 Å². The minimum Gasteiger partial charge on any atom is -0.388 e. The molecule has 11 heteroatoms. The Balaban J connectivity index is 2.15. The summed E-state index contributed by atoms with van der Waals surface area (Å²) in [6.45, 7) is 0.763. The Morgan fingerprint density at radius 2 is 2.07 bits per heavy atom. The molecule has 0 bridgehead atoms. The molecule has 0 unspecified atom stereocenters. The van der Waals surface area contributed by atoms with Gasteiger partial charge in [-0.25, -0.2) is 0 Å². The highest BCUT2D eigenvalue weighted by atomic mass is 16.7. The molecule has 2 fully saturated rings. The lowest BCUT2D eigenvalue weighted by Crippen LogP contribution is -2.67. The third-order valence-electron chi connectivity index (χ3n) is 5.96. The van der Waals surface area contributed by atoms with Crippen LogP contribution in [0.1, 0.15) is 25.7 Å². The first kappa shape index (κ1) is 25.4. The number of nitrogens with two attached hydrogens (primary N) is 2. The van der Waals surface area contributed by atoms with Crippen molar-refractivity contribution in [3.05, 3.63) is 0 Å². The summed E-state index contributed by atoms with van der Waals surface area (Å²) < 4.78 is 17.3. The third kappa shape index (κ3) is 5.87. The molecule has 0 aromatic carbocycles. The first-order valence-corrected chi connectivity index (χ1v) is 10.5. The zero-order chi connectivity index (χ0) is 22.4. The van der Waals surface area contributed by atoms with Gasteiger partial charge < -0.3 is 51.2 Å². The number of carbonyl (C=O) groups excluding carboxylic acids is 1. The molecule has 1 amide bonds. The molecule has 1 saturated carbocycles. The smallest absolute Gasteiger partial charge is 0.251 e. The summed E-state index contributed by atoms with van der Waals surface area (Å²) in [6.07, 6.45) is -4.22. The molecule has 176 valence electrons. The van der Waals surface area contributed by atoms with Crippen molar-refractivity contribution in [3.63, 3.8) is 0 Å². The molecule has 0 spiro atoms. The maximum Gasteiger partial charge on any atom is 0.251 e. The van der Waals surface area contributed by atoms with E-state index in [1.165, 1.54) is 19.1 Å². The van der Waals surface area contributed by atoms with E-state index in [4.69, 9.17) is 25.7 Å². The lowest BCUT2D eigenvalue weighted by molar-refractivity contribution is -0.279. The van der Waals surface area contributed by atoms with E-state index in [1.807, 2.05) is 7.05 Å². The van der Waals surface area contributed by atoms with E-state index in [0.717, 1.165) is 0 Å². The van der Waals surface area contributed by atoms with Crippen LogP contribution < -0.4 is 16.8 Å². The molecule has 0 aromatic rings. The van der Waals surface area contributed by atoms with Gasteiger partial charge in [-0.3, -0.25) is 4.79 Å². The van der Waals surface area contributed by atoms with Gasteiger partial charge in [0.1, 0.15) is 24.4 Å². The molecule has 0 aromatic heterocycles. The quantitative estimate of drug-likeness (QED) is 0.221. The zero-order valence-corrected chi connectivity index (χ0v) is 18.0. The van der Waals surface area contributed by atoms with Crippen LogP contribution >= 0.6 is 0 Å². The number of carbonyl (C=O) groups is 1. The van der Waals surface area contributed by atoms with Crippen molar-refractivity contribution in [3.8, 4) is 0 Å². The monoisotopic (exact) mass is 434 g/mol. The van der Waals surface area contributed by atoms with Gasteiger partial charge in [-0.15, -0.1) is 0 Å². The van der Waals surface area contributed by atoms with Crippen molar-refractivity contribution in [2.45, 2.75) is 80.7 Å². The van der Waals surface area contributed by atoms with Gasteiger partial charge in [-0.1, -0.05) is 0 Å². The minimum atomic E-state index is -1.27. The van der Waals surface area contributed by atoms with Crippen LogP contribution in [0.5, 0.6) is 0 Å². The van der Waals surface area contributed by atoms with Crippen LogP contribution in [0.25, 0.3) is 0 Å². The summed E-state index contributed by atoms with van der Waals surface area (Å²) in [7, 11) is 4.78. The van der Waals surface area contributed by atoms with Crippen LogP contribution in [0.2, 0.25) is 0 Å². The first-order chi connectivity index (χ1) is 14.2. The standard InChI is InChI=1S/C19H38N4O7/c1-22-9-10-4-5-13(25)19(29-10)30-17-11(21)8-14(28-3)15(16(17)26)23(2)18(27)12(24)6-7-20/h10-17,19,22,24-26H,4-9,20-21H2,1-3H3/t10-,11+,12-,13+,14-,15+,16+,17+,19+/m0/s1. The maximum absolute atomic E-state index is 12.6. The molecular weight excluding hydrogens is 396 g/mol. The van der Waals surface area contributed by atoms with Crippen LogP contribution in [0, 0.1) is 0 Å². The molecule has 1 heterocycles. The number of nitrogens with zero attached hydrogens (tertiary/aromatic N) is 1. The van der Waals surface area contributed by atoms with Gasteiger partial charge in [-0.2, -0.15) is 0 Å². The molecule has 0 radical (unpaired) electrons. The van der Waals surface area contributed by atoms with E-state index in [1.54, 1.807) is 0 Å². The van der Waals surface area contributed by atoms with E-state index < -0.39 is 54.8 Å². The molecule has 2 rings (SSSR count). The summed E-state index contributed by atoms with van der Waals surface area (Å²) in [5.41, 5.74) is 11.7. The van der Waals surface area contributed by atoms with Gasteiger partial charge in [0.05, 0.1) is 18.2 Å². The minimum absolute atomic E-state index is 0.109. The fourth-order valence-electron chi connectivity index (χ4n) is 4.26. The predicted molar refractivity (Wildman–Crippen MR) is 108 cm³/mol. The SMILES string of the molecule is CNC[C@@H]1CC[C@@H](O)[C@@H](O[C@H]2[C@H](O)[C@H](N(C)C(=O)[C@@H](O)CCN)[C@@H](OC)C[C@H]2N)O1. The van der Waals surface area contributed by atoms with E-state index in [0.29, 0.717) is 25.8 Å². The maximum atomic E-state index is 12.6. The summed E-state index contributed by atoms with van der Waals surface area (Å²) in [6, 6.07) is -1.40. The number of methoxy groups -OCH3 is 1. The fraction of sp³-hybridized carbons (Fsp3) is 0.947. The van der Waals surface area contributed by atoms with Crippen molar-refractivity contribution >= 4 is 5.91 Å². The Kier molecular flexibility index (Phi) is 9.85. The summed E-state index contributed by atoms with van der Waals surface area (Å²) in [5, 5.41) is 34.5. The van der Waals surface area contributed by atoms with Crippen LogP contribution in [0.15, 0.2) is 0 Å². The van der Waals surface area contributed by atoms with E-state index in [2.05, 4.69) is 5.32 Å². The molecule has 30 heavy (non-hydrogen) atoms. The highest BCUT2D eigenvalue weighted by Gasteiger charge is 2.49. The lowest BCUT2D eigenvalue weighted by atomic mass is 9.82. The van der Waals surface area contributed by atoms with Crippen LogP contribution in [0.3, 0.4) is 0 Å². The van der Waals surface area contributed by atoms with Crippen molar-refractivity contribution in [2.24, 2.45) is 11.5 Å². The summed E-state index contributed by atoms with van der Waals surface area (Å²) >= 11 is 0. The Morgan fingerprint density at radius 3 is 2.67 bits per heavy atom. The average molecular weight is 435 g/mol. The van der Waals surface area contributed by atoms with Gasteiger partial charge in [0.15, 0.2) is 6.29 Å². The van der Waals surface area contributed by atoms with Crippen molar-refractivity contribution in [1.82, 2.24) is 10.2 Å². The second-order valence-electron chi connectivity index (χ2n) is 8.13. The van der Waals surface area contributed by atoms with Gasteiger partial charge in [0, 0.05) is 26.7 Å². The van der Waals surface area contributed by atoms with Gasteiger partial charge in [0.25, 0.3) is 5.91 Å². The number of amides is 1. The van der Waals surface area contributed by atoms with Gasteiger partial charge >= 0.3 is 0 Å². The molecule has 9 atom stereocenters. The normalized spacial score (nSPS) is 38.3. The Morgan fingerprint density at radius 1 is 1.37 bits per heavy atom. The molecular formula is C19H38N4O7. The van der Waals surface area contributed by atoms with E-state index >= 15 is 0 Å². The van der Waals surface area contributed by atoms with E-state index in [9.17, 15) is 20.1 Å². The van der Waals surface area contributed by atoms with Crippen molar-refractivity contribution in [1.29, 1.82) is 0 Å². The van der Waals surface area contributed by atoms with Crippen LogP contribution in [0.4, 0.5) is 0 Å². The Bertz CT molecular complexity index is 543. The molecule has 11 nitrogen and oxygen atoms in total. The van der Waals surface area contributed by atoms with Crippen molar-refractivity contribution < 1.29 is 34.3 Å². The summed E-state index contributed by atoms with van der Waals surface area (Å²) in [5.74, 6) is -0.566. The van der Waals surface area contributed by atoms with E-state index in [-0.39, 0.29) is 19.1 Å². The Hall–Kier alpha value is -0.890. The second-order valence-corrected chi connectivity index (χ2v) is 8.13. The largest absolute Gasteiger partial charge is 0.388 e. The fourth-order valence-corrected chi connectivity index (χ4v) is 4.26. The number of aliphatic hydroxyl groups excluding tert-OH is 3. The van der Waals surface area contributed by atoms with Crippen LogP contribution in [-0.4, -0.2) is 115 Å². The molecule has 1 aliphatic carbocycles. The molecule has 1 aliphatic heterocycles. The summed E-state index contributed by atoms with van der Waals surface area (Å²) in [4.78, 5) is 13.9. The second kappa shape index (κ2) is 11.7. The predicted octanol–water partition coefficient (Wildman–Crippen LogP) is -2.90. The average Bonchev–Trinajstić information content (AvgIpc) is 2.72. The lowest BCUT2D eigenvalue weighted by Gasteiger charge is -2.48. The first-order valence-electron chi connectivity index (χ1n) is 10.5.